The summed E-state index contributed by atoms with van der Waals surface area (Å²) in [6, 6.07) is 7.55. The Labute approximate surface area is 151 Å². The number of thiazole rings is 1. The predicted molar refractivity (Wildman–Crippen MR) is 98.1 cm³/mol. The van der Waals surface area contributed by atoms with Gasteiger partial charge < -0.3 is 10.1 Å². The summed E-state index contributed by atoms with van der Waals surface area (Å²) in [5, 5.41) is 5.29. The molecule has 24 heavy (non-hydrogen) atoms. The van der Waals surface area contributed by atoms with E-state index in [-0.39, 0.29) is 11.7 Å². The lowest BCUT2D eigenvalue weighted by Gasteiger charge is -2.00. The van der Waals surface area contributed by atoms with Crippen LogP contribution in [0.1, 0.15) is 5.69 Å². The average molecular weight is 379 g/mol. The Morgan fingerprint density at radius 2 is 2.08 bits per heavy atom. The van der Waals surface area contributed by atoms with E-state index in [1.165, 1.54) is 34.6 Å². The number of amides is 1. The van der Waals surface area contributed by atoms with Gasteiger partial charge in [-0.25, -0.2) is 9.97 Å². The Morgan fingerprint density at radius 3 is 2.75 bits per heavy atom. The van der Waals surface area contributed by atoms with Crippen molar-refractivity contribution in [1.82, 2.24) is 14.3 Å². The van der Waals surface area contributed by atoms with Gasteiger partial charge in [0.1, 0.15) is 5.75 Å². The van der Waals surface area contributed by atoms with E-state index in [2.05, 4.69) is 19.7 Å². The van der Waals surface area contributed by atoms with Crippen LogP contribution in [-0.2, 0) is 4.79 Å². The van der Waals surface area contributed by atoms with Crippen molar-refractivity contribution >= 4 is 45.7 Å². The molecule has 2 heterocycles. The summed E-state index contributed by atoms with van der Waals surface area (Å²) in [5.41, 5.74) is 1.82. The molecule has 0 saturated carbocycles. The molecule has 0 unspecified atom stereocenters. The van der Waals surface area contributed by atoms with E-state index in [0.29, 0.717) is 11.0 Å². The number of aryl methyl sites for hydroxylation is 1. The second-order valence-electron chi connectivity index (χ2n) is 4.74. The lowest BCUT2D eigenvalue weighted by Crippen LogP contribution is -2.13. The maximum absolute atomic E-state index is 11.9. The van der Waals surface area contributed by atoms with E-state index in [1.54, 1.807) is 7.11 Å². The van der Waals surface area contributed by atoms with Crippen LogP contribution in [0.3, 0.4) is 0 Å². The fraction of sp³-hybridized carbons (Fsp3) is 0.200. The van der Waals surface area contributed by atoms with Gasteiger partial charge >= 0.3 is 0 Å². The molecule has 1 N–H and O–H groups in total. The van der Waals surface area contributed by atoms with Gasteiger partial charge in [-0.2, -0.15) is 4.37 Å². The number of carbonyl (C=O) groups excluding carboxylic acids is 1. The number of methoxy groups -OCH3 is 1. The maximum atomic E-state index is 11.9. The van der Waals surface area contributed by atoms with E-state index in [0.717, 1.165) is 21.3 Å². The second kappa shape index (κ2) is 7.73. The molecule has 3 aromatic rings. The highest BCUT2D eigenvalue weighted by molar-refractivity contribution is 8.01. The molecule has 1 amide bonds. The monoisotopic (exact) mass is 378 g/mol. The third-order valence-electron chi connectivity index (χ3n) is 2.95. The third kappa shape index (κ3) is 4.31. The van der Waals surface area contributed by atoms with Gasteiger partial charge in [0.2, 0.25) is 5.91 Å². The number of benzene rings is 1. The van der Waals surface area contributed by atoms with Gasteiger partial charge in [0.05, 0.1) is 18.6 Å². The first-order valence-corrected chi connectivity index (χ1v) is 9.61. The second-order valence-corrected chi connectivity index (χ2v) is 7.58. The van der Waals surface area contributed by atoms with Crippen molar-refractivity contribution in [1.29, 1.82) is 0 Å². The standard InChI is InChI=1S/C15H14N4O2S3/c1-9-7-22-14(16-9)17-12(20)8-23-15-18-13(19-24-15)10-3-5-11(21-2)6-4-10/h3-7H,8H2,1-2H3,(H,16,17,20). The van der Waals surface area contributed by atoms with Crippen LogP contribution < -0.4 is 10.1 Å². The highest BCUT2D eigenvalue weighted by atomic mass is 32.2. The zero-order valence-corrected chi connectivity index (χ0v) is 15.4. The molecule has 0 saturated heterocycles. The number of nitrogens with one attached hydrogen (secondary N) is 1. The number of aromatic nitrogens is 3. The molecular weight excluding hydrogens is 364 g/mol. The molecule has 124 valence electrons. The number of carbonyl (C=O) groups is 1. The van der Waals surface area contributed by atoms with Gasteiger partial charge in [-0.3, -0.25) is 4.79 Å². The number of hydrogen-bond donors (Lipinski definition) is 1. The molecular formula is C15H14N4O2S3. The number of ether oxygens (including phenoxy) is 1. The summed E-state index contributed by atoms with van der Waals surface area (Å²) in [6.45, 7) is 1.89. The molecule has 1 aromatic carbocycles. The largest absolute Gasteiger partial charge is 0.497 e. The highest BCUT2D eigenvalue weighted by Gasteiger charge is 2.11. The zero-order valence-electron chi connectivity index (χ0n) is 13.0. The summed E-state index contributed by atoms with van der Waals surface area (Å²) in [4.78, 5) is 20.6. The molecule has 0 bridgehead atoms. The fourth-order valence-electron chi connectivity index (χ4n) is 1.82. The SMILES string of the molecule is COc1ccc(-c2nsc(SCC(=O)Nc3nc(C)cs3)n2)cc1. The fourth-order valence-corrected chi connectivity index (χ4v) is 3.94. The van der Waals surface area contributed by atoms with Gasteiger partial charge in [-0.15, -0.1) is 11.3 Å². The van der Waals surface area contributed by atoms with Crippen molar-refractivity contribution in [3.05, 3.63) is 35.3 Å². The highest BCUT2D eigenvalue weighted by Crippen LogP contribution is 2.26. The van der Waals surface area contributed by atoms with Crippen LogP contribution >= 0.6 is 34.6 Å². The maximum Gasteiger partial charge on any atom is 0.236 e. The van der Waals surface area contributed by atoms with Gasteiger partial charge in [0.15, 0.2) is 15.3 Å². The Balaban J connectivity index is 1.56. The lowest BCUT2D eigenvalue weighted by molar-refractivity contribution is -0.113. The Morgan fingerprint density at radius 1 is 1.29 bits per heavy atom. The van der Waals surface area contributed by atoms with Crippen molar-refractivity contribution in [2.24, 2.45) is 0 Å². The van der Waals surface area contributed by atoms with E-state index < -0.39 is 0 Å². The summed E-state index contributed by atoms with van der Waals surface area (Å²) >= 11 is 4.06. The molecule has 0 aliphatic heterocycles. The van der Waals surface area contributed by atoms with Crippen LogP contribution in [0.2, 0.25) is 0 Å². The van der Waals surface area contributed by atoms with Gasteiger partial charge in [0, 0.05) is 10.9 Å². The average Bonchev–Trinajstić information content (AvgIpc) is 3.22. The molecule has 9 heteroatoms. The molecule has 0 atom stereocenters. The number of rotatable bonds is 6. The van der Waals surface area contributed by atoms with E-state index in [9.17, 15) is 4.79 Å². The Hall–Kier alpha value is -1.97. The molecule has 0 aliphatic rings. The number of nitrogens with zero attached hydrogens (tertiary/aromatic N) is 3. The quantitative estimate of drug-likeness (QED) is 0.659. The van der Waals surface area contributed by atoms with Crippen molar-refractivity contribution in [3.8, 4) is 17.1 Å². The molecule has 0 fully saturated rings. The Bertz CT molecular complexity index is 829. The van der Waals surface area contributed by atoms with Crippen molar-refractivity contribution in [3.63, 3.8) is 0 Å². The minimum absolute atomic E-state index is 0.101. The first-order chi connectivity index (χ1) is 11.6. The molecule has 3 rings (SSSR count). The van der Waals surface area contributed by atoms with E-state index >= 15 is 0 Å². The summed E-state index contributed by atoms with van der Waals surface area (Å²) < 4.78 is 10.2. The van der Waals surface area contributed by atoms with E-state index in [1.807, 2.05) is 36.6 Å². The predicted octanol–water partition coefficient (Wildman–Crippen LogP) is 3.71. The number of anilines is 1. The first-order valence-electron chi connectivity index (χ1n) is 6.97. The van der Waals surface area contributed by atoms with Crippen LogP contribution in [-0.4, -0.2) is 33.1 Å². The van der Waals surface area contributed by atoms with Crippen LogP contribution in [0.5, 0.6) is 5.75 Å². The van der Waals surface area contributed by atoms with Gasteiger partial charge in [-0.1, -0.05) is 11.8 Å². The topological polar surface area (TPSA) is 77.0 Å². The van der Waals surface area contributed by atoms with Gasteiger partial charge in [-0.05, 0) is 42.7 Å². The molecule has 0 radical (unpaired) electrons. The Kier molecular flexibility index (Phi) is 5.44. The lowest BCUT2D eigenvalue weighted by atomic mass is 10.2. The van der Waals surface area contributed by atoms with Crippen LogP contribution in [0.25, 0.3) is 11.4 Å². The number of thioether (sulfide) groups is 1. The van der Waals surface area contributed by atoms with Crippen molar-refractivity contribution in [2.75, 3.05) is 18.2 Å². The molecule has 6 nitrogen and oxygen atoms in total. The van der Waals surface area contributed by atoms with Crippen LogP contribution in [0.15, 0.2) is 34.0 Å². The van der Waals surface area contributed by atoms with Gasteiger partial charge in [0.25, 0.3) is 0 Å². The molecule has 0 aliphatic carbocycles. The first kappa shape index (κ1) is 16.9. The smallest absolute Gasteiger partial charge is 0.236 e. The number of hydrogen-bond acceptors (Lipinski definition) is 8. The minimum atomic E-state index is -0.101. The van der Waals surface area contributed by atoms with Crippen LogP contribution in [0, 0.1) is 6.92 Å². The third-order valence-corrected chi connectivity index (χ3v) is 5.66. The molecule has 2 aromatic heterocycles. The van der Waals surface area contributed by atoms with Crippen molar-refractivity contribution < 1.29 is 9.53 Å². The minimum Gasteiger partial charge on any atom is -0.497 e. The van der Waals surface area contributed by atoms with E-state index in [4.69, 9.17) is 4.74 Å². The molecule has 0 spiro atoms. The van der Waals surface area contributed by atoms with Crippen LogP contribution in [0.4, 0.5) is 5.13 Å². The zero-order chi connectivity index (χ0) is 16.9. The summed E-state index contributed by atoms with van der Waals surface area (Å²) in [6.07, 6.45) is 0. The summed E-state index contributed by atoms with van der Waals surface area (Å²) in [5.74, 6) is 1.62. The summed E-state index contributed by atoms with van der Waals surface area (Å²) in [7, 11) is 1.63. The van der Waals surface area contributed by atoms with Crippen molar-refractivity contribution in [2.45, 2.75) is 11.3 Å². The normalized spacial score (nSPS) is 10.6.